The zero-order chi connectivity index (χ0) is 7.68. The fraction of sp³-hybridized carbons (Fsp3) is 0.500. The van der Waals surface area contributed by atoms with Gasteiger partial charge in [-0.05, 0) is 0 Å². The second kappa shape index (κ2) is 2.34. The number of nitrogens with one attached hydrogen (secondary N) is 2. The van der Waals surface area contributed by atoms with Gasteiger partial charge in [0.2, 0.25) is 5.91 Å². The van der Waals surface area contributed by atoms with Gasteiger partial charge in [0.05, 0.1) is 0 Å². The maximum atomic E-state index is 10.8. The summed E-state index contributed by atoms with van der Waals surface area (Å²) in [6.07, 6.45) is 1.98. The molecule has 1 fully saturated rings. The lowest BCUT2D eigenvalue weighted by atomic mass is 10.1. The third-order valence-electron chi connectivity index (χ3n) is 1.80. The van der Waals surface area contributed by atoms with Gasteiger partial charge in [-0.2, -0.15) is 5.10 Å². The van der Waals surface area contributed by atoms with E-state index in [4.69, 9.17) is 0 Å². The van der Waals surface area contributed by atoms with Crippen molar-refractivity contribution < 1.29 is 4.79 Å². The maximum Gasteiger partial charge on any atom is 0.220 e. The van der Waals surface area contributed by atoms with Crippen molar-refractivity contribution in [3.05, 3.63) is 12.2 Å². The van der Waals surface area contributed by atoms with Gasteiger partial charge in [0, 0.05) is 18.9 Å². The molecule has 0 saturated carbocycles. The minimum absolute atomic E-state index is 0.0893. The average Bonchev–Trinajstić information content (AvgIpc) is 2.55. The first-order chi connectivity index (χ1) is 5.36. The van der Waals surface area contributed by atoms with Gasteiger partial charge < -0.3 is 5.32 Å². The molecule has 1 amide bonds. The number of nitrogens with zero attached hydrogens (tertiary/aromatic N) is 2. The molecule has 2 rings (SSSR count). The second-order valence-corrected chi connectivity index (χ2v) is 2.58. The molecule has 0 spiro atoms. The maximum absolute atomic E-state index is 10.8. The smallest absolute Gasteiger partial charge is 0.220 e. The number of carbonyl (C=O) groups excluding carboxylic acids is 1. The molecule has 1 aromatic heterocycles. The molecule has 1 aliphatic rings. The van der Waals surface area contributed by atoms with E-state index in [1.807, 2.05) is 0 Å². The molecule has 0 radical (unpaired) electrons. The Morgan fingerprint density at radius 3 is 3.09 bits per heavy atom. The van der Waals surface area contributed by atoms with Crippen LogP contribution in [0, 0.1) is 0 Å². The average molecular weight is 152 g/mol. The molecule has 58 valence electrons. The molecule has 0 aliphatic carbocycles. The van der Waals surface area contributed by atoms with E-state index < -0.39 is 0 Å². The SMILES string of the molecule is O=C1CC(c2ncn[nH]2)CN1. The first kappa shape index (κ1) is 6.33. The highest BCUT2D eigenvalue weighted by atomic mass is 16.1. The molecule has 2 N–H and O–H groups in total. The molecular formula is C6H8N4O. The van der Waals surface area contributed by atoms with Gasteiger partial charge in [0.15, 0.2) is 0 Å². The number of aromatic nitrogens is 3. The summed E-state index contributed by atoms with van der Waals surface area (Å²) in [5.74, 6) is 1.07. The highest BCUT2D eigenvalue weighted by Crippen LogP contribution is 2.17. The van der Waals surface area contributed by atoms with Crippen molar-refractivity contribution in [2.45, 2.75) is 12.3 Å². The first-order valence-corrected chi connectivity index (χ1v) is 3.48. The number of carbonyl (C=O) groups is 1. The van der Waals surface area contributed by atoms with E-state index in [-0.39, 0.29) is 11.8 Å². The van der Waals surface area contributed by atoms with Crippen LogP contribution in [0.3, 0.4) is 0 Å². The lowest BCUT2D eigenvalue weighted by molar-refractivity contribution is -0.119. The quantitative estimate of drug-likeness (QED) is 0.565. The van der Waals surface area contributed by atoms with E-state index in [9.17, 15) is 4.79 Å². The van der Waals surface area contributed by atoms with E-state index >= 15 is 0 Å². The fourth-order valence-electron chi connectivity index (χ4n) is 1.21. The number of aromatic amines is 1. The van der Waals surface area contributed by atoms with Crippen LogP contribution in [0.4, 0.5) is 0 Å². The molecule has 1 saturated heterocycles. The summed E-state index contributed by atoms with van der Waals surface area (Å²) < 4.78 is 0. The zero-order valence-electron chi connectivity index (χ0n) is 5.87. The molecule has 1 unspecified atom stereocenters. The lowest BCUT2D eigenvalue weighted by Crippen LogP contribution is -2.13. The summed E-state index contributed by atoms with van der Waals surface area (Å²) in [6, 6.07) is 0. The topological polar surface area (TPSA) is 70.7 Å². The summed E-state index contributed by atoms with van der Waals surface area (Å²) in [5.41, 5.74) is 0. The Balaban J connectivity index is 2.13. The van der Waals surface area contributed by atoms with Gasteiger partial charge in [-0.3, -0.25) is 9.89 Å². The van der Waals surface area contributed by atoms with E-state index in [0.717, 1.165) is 5.82 Å². The molecule has 1 atom stereocenters. The fourth-order valence-corrected chi connectivity index (χ4v) is 1.21. The van der Waals surface area contributed by atoms with Crippen molar-refractivity contribution in [2.24, 2.45) is 0 Å². The minimum Gasteiger partial charge on any atom is -0.355 e. The highest BCUT2D eigenvalue weighted by Gasteiger charge is 2.24. The van der Waals surface area contributed by atoms with Gasteiger partial charge in [0.1, 0.15) is 12.2 Å². The van der Waals surface area contributed by atoms with Gasteiger partial charge in [-0.1, -0.05) is 0 Å². The van der Waals surface area contributed by atoms with Crippen molar-refractivity contribution >= 4 is 5.91 Å². The zero-order valence-corrected chi connectivity index (χ0v) is 5.87. The molecule has 5 heteroatoms. The van der Waals surface area contributed by atoms with Crippen molar-refractivity contribution in [3.63, 3.8) is 0 Å². The van der Waals surface area contributed by atoms with Crippen molar-refractivity contribution in [1.82, 2.24) is 20.5 Å². The van der Waals surface area contributed by atoms with Gasteiger partial charge in [-0.15, -0.1) is 0 Å². The van der Waals surface area contributed by atoms with Crippen LogP contribution in [0.25, 0.3) is 0 Å². The molecule has 11 heavy (non-hydrogen) atoms. The second-order valence-electron chi connectivity index (χ2n) is 2.58. The van der Waals surface area contributed by atoms with Crippen LogP contribution in [0.15, 0.2) is 6.33 Å². The Bertz CT molecular complexity index is 256. The first-order valence-electron chi connectivity index (χ1n) is 3.48. The van der Waals surface area contributed by atoms with Gasteiger partial charge in [0.25, 0.3) is 0 Å². The largest absolute Gasteiger partial charge is 0.355 e. The van der Waals surface area contributed by atoms with E-state index in [1.165, 1.54) is 6.33 Å². The number of H-pyrrole nitrogens is 1. The number of amides is 1. The normalized spacial score (nSPS) is 23.6. The minimum atomic E-state index is 0.0893. The molecule has 1 aliphatic heterocycles. The predicted octanol–water partition coefficient (Wildman–Crippen LogP) is -0.592. The Hall–Kier alpha value is -1.39. The van der Waals surface area contributed by atoms with Crippen LogP contribution in [0.1, 0.15) is 18.2 Å². The number of rotatable bonds is 1. The number of hydrogen-bond donors (Lipinski definition) is 2. The molecule has 5 nitrogen and oxygen atoms in total. The number of hydrogen-bond acceptors (Lipinski definition) is 3. The van der Waals surface area contributed by atoms with Gasteiger partial charge in [-0.25, -0.2) is 4.98 Å². The Morgan fingerprint density at radius 1 is 1.64 bits per heavy atom. The van der Waals surface area contributed by atoms with Crippen LogP contribution in [-0.2, 0) is 4.79 Å². The molecular weight excluding hydrogens is 144 g/mol. The van der Waals surface area contributed by atoms with E-state index in [0.29, 0.717) is 13.0 Å². The standard InChI is InChI=1S/C6H8N4O/c11-5-1-4(2-7-5)6-8-3-9-10-6/h3-4H,1-2H2,(H,7,11)(H,8,9,10). The van der Waals surface area contributed by atoms with Crippen LogP contribution in [-0.4, -0.2) is 27.6 Å². The predicted molar refractivity (Wildman–Crippen MR) is 36.8 cm³/mol. The molecule has 0 bridgehead atoms. The monoisotopic (exact) mass is 152 g/mol. The van der Waals surface area contributed by atoms with Crippen LogP contribution in [0.2, 0.25) is 0 Å². The summed E-state index contributed by atoms with van der Waals surface area (Å²) >= 11 is 0. The summed E-state index contributed by atoms with van der Waals surface area (Å²) in [6.45, 7) is 0.675. The van der Waals surface area contributed by atoms with Crippen LogP contribution < -0.4 is 5.32 Å². The third kappa shape index (κ3) is 1.09. The summed E-state index contributed by atoms with van der Waals surface area (Å²) in [7, 11) is 0. The third-order valence-corrected chi connectivity index (χ3v) is 1.80. The van der Waals surface area contributed by atoms with Crippen LogP contribution in [0.5, 0.6) is 0 Å². The Morgan fingerprint density at radius 2 is 2.55 bits per heavy atom. The van der Waals surface area contributed by atoms with Crippen LogP contribution >= 0.6 is 0 Å². The van der Waals surface area contributed by atoms with Crippen molar-refractivity contribution in [3.8, 4) is 0 Å². The van der Waals surface area contributed by atoms with Crippen molar-refractivity contribution in [2.75, 3.05) is 6.54 Å². The lowest BCUT2D eigenvalue weighted by Gasteiger charge is -1.98. The Labute approximate surface area is 63.2 Å². The molecule has 1 aromatic rings. The summed E-state index contributed by atoms with van der Waals surface area (Å²) in [4.78, 5) is 14.7. The van der Waals surface area contributed by atoms with Crippen molar-refractivity contribution in [1.29, 1.82) is 0 Å². The van der Waals surface area contributed by atoms with E-state index in [1.54, 1.807) is 0 Å². The Kier molecular flexibility index (Phi) is 1.34. The van der Waals surface area contributed by atoms with E-state index in [2.05, 4.69) is 20.5 Å². The van der Waals surface area contributed by atoms with Gasteiger partial charge >= 0.3 is 0 Å². The molecule has 2 heterocycles. The highest BCUT2D eigenvalue weighted by molar-refractivity contribution is 5.79. The summed E-state index contributed by atoms with van der Waals surface area (Å²) in [5, 5.41) is 9.19. The molecule has 0 aromatic carbocycles.